The number of para-hydroxylation sites is 2. The molecule has 12 aromatic carbocycles. The summed E-state index contributed by atoms with van der Waals surface area (Å²) < 4.78 is 13.3. The fourth-order valence-corrected chi connectivity index (χ4v) is 11.9. The molecule has 0 spiro atoms. The standard InChI is InChI=1S/C65H39NO2/c1-2-13-44(14-3-1)65(57-21-8-4-17-51(57)52-18-5-9-22-58(52)65)45-15-12-16-46(39-45)66(47-31-35-49-42(37-47)27-25-40-29-33-55-53-19-6-10-23-59(53)67-63(55)61(40)49)48-32-36-50-43(38-48)28-26-41-30-34-56-54-20-7-11-24-60(54)68-64(56)62(41)50/h1-39H. The van der Waals surface area contributed by atoms with Crippen molar-refractivity contribution in [3.05, 3.63) is 259 Å². The predicted octanol–water partition coefficient (Wildman–Crippen LogP) is 17.9. The molecule has 1 aliphatic rings. The minimum absolute atomic E-state index is 0.545. The summed E-state index contributed by atoms with van der Waals surface area (Å²) in [7, 11) is 0. The molecule has 316 valence electrons. The van der Waals surface area contributed by atoms with E-state index in [9.17, 15) is 0 Å². The van der Waals surface area contributed by atoms with Crippen molar-refractivity contribution in [3.63, 3.8) is 0 Å². The van der Waals surface area contributed by atoms with Crippen LogP contribution in [0.5, 0.6) is 0 Å². The largest absolute Gasteiger partial charge is 0.455 e. The van der Waals surface area contributed by atoms with Crippen LogP contribution < -0.4 is 4.90 Å². The summed E-state index contributed by atoms with van der Waals surface area (Å²) in [5, 5.41) is 13.7. The second kappa shape index (κ2) is 14.0. The Labute approximate surface area is 391 Å². The smallest absolute Gasteiger partial charge is 0.143 e. The van der Waals surface area contributed by atoms with Crippen molar-refractivity contribution >= 4 is 104 Å². The number of benzene rings is 12. The normalized spacial score (nSPS) is 13.1. The molecule has 68 heavy (non-hydrogen) atoms. The van der Waals surface area contributed by atoms with Gasteiger partial charge in [-0.3, -0.25) is 0 Å². The lowest BCUT2D eigenvalue weighted by Gasteiger charge is -2.35. The van der Waals surface area contributed by atoms with Gasteiger partial charge in [0.15, 0.2) is 0 Å². The molecule has 0 aliphatic heterocycles. The first-order valence-corrected chi connectivity index (χ1v) is 23.4. The van der Waals surface area contributed by atoms with Crippen molar-refractivity contribution < 1.29 is 8.83 Å². The predicted molar refractivity (Wildman–Crippen MR) is 283 cm³/mol. The highest BCUT2D eigenvalue weighted by Gasteiger charge is 2.46. The van der Waals surface area contributed by atoms with Crippen LogP contribution in [0.3, 0.4) is 0 Å². The summed E-state index contributed by atoms with van der Waals surface area (Å²) in [5.74, 6) is 0. The summed E-state index contributed by atoms with van der Waals surface area (Å²) in [6, 6.07) is 86.6. The maximum absolute atomic E-state index is 6.65. The minimum atomic E-state index is -0.545. The van der Waals surface area contributed by atoms with Gasteiger partial charge in [0.1, 0.15) is 22.3 Å². The number of hydrogen-bond acceptors (Lipinski definition) is 3. The van der Waals surface area contributed by atoms with Gasteiger partial charge >= 0.3 is 0 Å². The van der Waals surface area contributed by atoms with Crippen LogP contribution in [-0.2, 0) is 5.41 Å². The molecular formula is C65H39NO2. The van der Waals surface area contributed by atoms with Crippen LogP contribution >= 0.6 is 0 Å². The highest BCUT2D eigenvalue weighted by atomic mass is 16.3. The van der Waals surface area contributed by atoms with E-state index in [-0.39, 0.29) is 0 Å². The van der Waals surface area contributed by atoms with Crippen LogP contribution in [0, 0.1) is 0 Å². The van der Waals surface area contributed by atoms with Crippen LogP contribution in [0.1, 0.15) is 22.3 Å². The molecule has 14 aromatic rings. The number of fused-ring (bicyclic) bond motifs is 17. The summed E-state index contributed by atoms with van der Waals surface area (Å²) >= 11 is 0. The maximum Gasteiger partial charge on any atom is 0.143 e. The lowest BCUT2D eigenvalue weighted by atomic mass is 9.67. The van der Waals surface area contributed by atoms with Crippen LogP contribution in [0.15, 0.2) is 245 Å². The lowest BCUT2D eigenvalue weighted by molar-refractivity contribution is 0.672. The Bertz CT molecular complexity index is 4160. The van der Waals surface area contributed by atoms with Crippen molar-refractivity contribution in [2.24, 2.45) is 0 Å². The van der Waals surface area contributed by atoms with E-state index in [2.05, 4.69) is 229 Å². The summed E-state index contributed by atoms with van der Waals surface area (Å²) in [6.45, 7) is 0. The van der Waals surface area contributed by atoms with Crippen molar-refractivity contribution in [1.29, 1.82) is 0 Å². The first kappa shape index (κ1) is 37.3. The average molecular weight is 866 g/mol. The molecule has 0 amide bonds. The Morgan fingerprint density at radius 3 is 1.31 bits per heavy atom. The molecule has 0 unspecified atom stereocenters. The van der Waals surface area contributed by atoms with Crippen LogP contribution in [0.25, 0.3) is 98.1 Å². The van der Waals surface area contributed by atoms with E-state index in [1.165, 1.54) is 33.4 Å². The SMILES string of the molecule is c1ccc(C2(c3cccc(N(c4ccc5c(ccc6ccc7c8ccccc8oc7c65)c4)c4ccc5c(ccc6ccc7c8ccccc8oc7c65)c4)c3)c3ccccc3-c3ccccc32)cc1. The Hall–Kier alpha value is -8.92. The highest BCUT2D eigenvalue weighted by Crippen LogP contribution is 2.57. The molecule has 3 heteroatoms. The zero-order valence-corrected chi connectivity index (χ0v) is 36.8. The average Bonchev–Trinajstić information content (AvgIpc) is 4.07. The summed E-state index contributed by atoms with van der Waals surface area (Å²) in [4.78, 5) is 2.44. The zero-order valence-electron chi connectivity index (χ0n) is 36.8. The molecule has 0 bridgehead atoms. The molecule has 2 aromatic heterocycles. The zero-order chi connectivity index (χ0) is 44.5. The number of nitrogens with zero attached hydrogens (tertiary/aromatic N) is 1. The van der Waals surface area contributed by atoms with Crippen LogP contribution in [0.4, 0.5) is 17.1 Å². The van der Waals surface area contributed by atoms with Crippen molar-refractivity contribution in [2.75, 3.05) is 4.90 Å². The maximum atomic E-state index is 6.65. The molecule has 3 nitrogen and oxygen atoms in total. The number of anilines is 3. The summed E-state index contributed by atoms with van der Waals surface area (Å²) in [5.41, 5.74) is 13.9. The number of rotatable bonds is 5. The Balaban J connectivity index is 0.982. The highest BCUT2D eigenvalue weighted by molar-refractivity contribution is 6.24. The third kappa shape index (κ3) is 5.13. The second-order valence-electron chi connectivity index (χ2n) is 18.3. The number of hydrogen-bond donors (Lipinski definition) is 0. The van der Waals surface area contributed by atoms with Gasteiger partial charge in [0.2, 0.25) is 0 Å². The third-order valence-corrected chi connectivity index (χ3v) is 14.9. The van der Waals surface area contributed by atoms with Gasteiger partial charge in [0.05, 0.1) is 5.41 Å². The Kier molecular flexibility index (Phi) is 7.71. The number of furan rings is 2. The van der Waals surface area contributed by atoms with E-state index in [0.717, 1.165) is 104 Å². The molecule has 0 saturated heterocycles. The van der Waals surface area contributed by atoms with E-state index in [4.69, 9.17) is 8.83 Å². The Morgan fingerprint density at radius 1 is 0.294 bits per heavy atom. The van der Waals surface area contributed by atoms with Gasteiger partial charge in [0.25, 0.3) is 0 Å². The van der Waals surface area contributed by atoms with E-state index in [1.54, 1.807) is 0 Å². The van der Waals surface area contributed by atoms with Gasteiger partial charge in [0, 0.05) is 49.4 Å². The van der Waals surface area contributed by atoms with E-state index in [0.29, 0.717) is 0 Å². The first-order chi connectivity index (χ1) is 33.7. The topological polar surface area (TPSA) is 29.5 Å². The molecule has 0 N–H and O–H groups in total. The molecular weight excluding hydrogens is 827 g/mol. The fourth-order valence-electron chi connectivity index (χ4n) is 11.9. The molecule has 0 atom stereocenters. The monoisotopic (exact) mass is 865 g/mol. The van der Waals surface area contributed by atoms with Gasteiger partial charge in [-0.25, -0.2) is 0 Å². The van der Waals surface area contributed by atoms with Gasteiger partial charge < -0.3 is 13.7 Å². The lowest BCUT2D eigenvalue weighted by Crippen LogP contribution is -2.28. The minimum Gasteiger partial charge on any atom is -0.455 e. The first-order valence-electron chi connectivity index (χ1n) is 23.4. The van der Waals surface area contributed by atoms with Gasteiger partial charge in [-0.15, -0.1) is 0 Å². The van der Waals surface area contributed by atoms with Crippen molar-refractivity contribution in [1.82, 2.24) is 0 Å². The van der Waals surface area contributed by atoms with Crippen LogP contribution in [-0.4, -0.2) is 0 Å². The molecule has 0 fully saturated rings. The third-order valence-electron chi connectivity index (χ3n) is 14.9. The van der Waals surface area contributed by atoms with E-state index < -0.39 is 5.41 Å². The van der Waals surface area contributed by atoms with E-state index in [1.807, 2.05) is 12.1 Å². The van der Waals surface area contributed by atoms with E-state index >= 15 is 0 Å². The molecule has 15 rings (SSSR count). The van der Waals surface area contributed by atoms with Crippen molar-refractivity contribution in [2.45, 2.75) is 5.41 Å². The van der Waals surface area contributed by atoms with Gasteiger partial charge in [-0.05, 0) is 126 Å². The van der Waals surface area contributed by atoms with Crippen molar-refractivity contribution in [3.8, 4) is 11.1 Å². The molecule has 2 heterocycles. The quantitative estimate of drug-likeness (QED) is 0.161. The van der Waals surface area contributed by atoms with Gasteiger partial charge in [-0.1, -0.05) is 176 Å². The fraction of sp³-hybridized carbons (Fsp3) is 0.0154. The second-order valence-corrected chi connectivity index (χ2v) is 18.3. The Morgan fingerprint density at radius 2 is 0.735 bits per heavy atom. The molecule has 0 saturated carbocycles. The molecule has 1 aliphatic carbocycles. The summed E-state index contributed by atoms with van der Waals surface area (Å²) in [6.07, 6.45) is 0. The van der Waals surface area contributed by atoms with Crippen LogP contribution in [0.2, 0.25) is 0 Å². The molecule has 0 radical (unpaired) electrons. The van der Waals surface area contributed by atoms with Gasteiger partial charge in [-0.2, -0.15) is 0 Å².